The number of nitrogens with one attached hydrogen (secondary N) is 1. The third-order valence-corrected chi connectivity index (χ3v) is 3.05. The van der Waals surface area contributed by atoms with E-state index in [1.54, 1.807) is 31.4 Å². The lowest BCUT2D eigenvalue weighted by molar-refractivity contribution is -0.142. The van der Waals surface area contributed by atoms with Crippen molar-refractivity contribution >= 4 is 18.0 Å². The van der Waals surface area contributed by atoms with Crippen molar-refractivity contribution in [2.75, 3.05) is 14.2 Å². The fourth-order valence-electron chi connectivity index (χ4n) is 2.06. The molecule has 1 fully saturated rings. The molecule has 1 saturated heterocycles. The number of esters is 1. The quantitative estimate of drug-likeness (QED) is 0.669. The van der Waals surface area contributed by atoms with Gasteiger partial charge in [-0.2, -0.15) is 0 Å². The number of rotatable bonds is 3. The average molecular weight is 273 g/mol. The molecule has 0 bridgehead atoms. The Bertz CT molecular complexity index is 604. The van der Waals surface area contributed by atoms with Gasteiger partial charge in [-0.25, -0.2) is 0 Å². The van der Waals surface area contributed by atoms with E-state index in [-0.39, 0.29) is 5.91 Å². The average Bonchev–Trinajstić information content (AvgIpc) is 2.73. The van der Waals surface area contributed by atoms with Gasteiger partial charge in [0.2, 0.25) is 0 Å². The first-order chi connectivity index (χ1) is 9.56. The van der Waals surface area contributed by atoms with Crippen LogP contribution in [0.3, 0.4) is 0 Å². The molecule has 0 spiro atoms. The van der Waals surface area contributed by atoms with Gasteiger partial charge in [0, 0.05) is 11.3 Å². The molecule has 20 heavy (non-hydrogen) atoms. The number of methoxy groups -OCH3 is 2. The zero-order valence-corrected chi connectivity index (χ0v) is 11.3. The van der Waals surface area contributed by atoms with E-state index in [0.717, 1.165) is 5.56 Å². The summed E-state index contributed by atoms with van der Waals surface area (Å²) < 4.78 is 9.83. The molecule has 1 aromatic carbocycles. The van der Waals surface area contributed by atoms with E-state index in [1.807, 2.05) is 6.07 Å². The Labute approximate surface area is 116 Å². The van der Waals surface area contributed by atoms with Crippen LogP contribution in [0, 0.1) is 5.92 Å². The highest BCUT2D eigenvalue weighted by atomic mass is 16.5. The largest absolute Gasteiger partial charge is 0.497 e. The van der Waals surface area contributed by atoms with E-state index in [2.05, 4.69) is 11.9 Å². The third kappa shape index (κ3) is 2.56. The van der Waals surface area contributed by atoms with Crippen LogP contribution in [0.4, 0.5) is 0 Å². The van der Waals surface area contributed by atoms with Crippen molar-refractivity contribution < 1.29 is 19.1 Å². The molecule has 0 radical (unpaired) electrons. The van der Waals surface area contributed by atoms with Gasteiger partial charge in [-0.1, -0.05) is 18.7 Å². The van der Waals surface area contributed by atoms with Gasteiger partial charge in [0.1, 0.15) is 11.7 Å². The first kappa shape index (κ1) is 13.9. The Hall–Kier alpha value is -2.56. The fourth-order valence-corrected chi connectivity index (χ4v) is 2.06. The highest BCUT2D eigenvalue weighted by Gasteiger charge is 2.37. The molecule has 104 valence electrons. The molecule has 1 aliphatic rings. The predicted molar refractivity (Wildman–Crippen MR) is 73.8 cm³/mol. The van der Waals surface area contributed by atoms with Crippen LogP contribution >= 0.6 is 0 Å². The second kappa shape index (κ2) is 5.61. The van der Waals surface area contributed by atoms with Gasteiger partial charge in [0.15, 0.2) is 0 Å². The number of benzene rings is 1. The lowest BCUT2D eigenvalue weighted by Gasteiger charge is -2.08. The van der Waals surface area contributed by atoms with Gasteiger partial charge in [-0.15, -0.1) is 0 Å². The molecule has 0 saturated carbocycles. The van der Waals surface area contributed by atoms with Gasteiger partial charge in [0.25, 0.3) is 5.91 Å². The first-order valence-corrected chi connectivity index (χ1v) is 6.00. The molecular weight excluding hydrogens is 258 g/mol. The van der Waals surface area contributed by atoms with Crippen molar-refractivity contribution in [2.24, 2.45) is 5.92 Å². The van der Waals surface area contributed by atoms with E-state index in [4.69, 9.17) is 9.47 Å². The summed E-state index contributed by atoms with van der Waals surface area (Å²) in [6, 6.07) is 7.20. The summed E-state index contributed by atoms with van der Waals surface area (Å²) in [6.07, 6.45) is 1.64. The minimum atomic E-state index is -0.779. The summed E-state index contributed by atoms with van der Waals surface area (Å²) in [5.41, 5.74) is 1.41. The van der Waals surface area contributed by atoms with E-state index >= 15 is 0 Å². The predicted octanol–water partition coefficient (Wildman–Crippen LogP) is 1.51. The molecule has 2 rings (SSSR count). The summed E-state index contributed by atoms with van der Waals surface area (Å²) in [5, 5.41) is 2.55. The van der Waals surface area contributed by atoms with Gasteiger partial charge in [0.05, 0.1) is 14.2 Å². The molecule has 0 aliphatic carbocycles. The van der Waals surface area contributed by atoms with E-state index in [1.165, 1.54) is 7.11 Å². The molecule has 5 heteroatoms. The van der Waals surface area contributed by atoms with Crippen LogP contribution in [0.5, 0.6) is 5.75 Å². The molecule has 5 nitrogen and oxygen atoms in total. The highest BCUT2D eigenvalue weighted by molar-refractivity contribution is 6.08. The standard InChI is InChI=1S/C15H15NO4/c1-9-13(15(18)20-3)12(14(17)16-9)8-10-5-4-6-11(7-10)19-2/h4-8,13H,1H2,2-3H3,(H,16,17). The number of hydrogen-bond donors (Lipinski definition) is 1. The van der Waals surface area contributed by atoms with Crippen molar-refractivity contribution in [1.29, 1.82) is 0 Å². The normalized spacial score (nSPS) is 19.9. The molecule has 1 unspecified atom stereocenters. The molecule has 1 aromatic rings. The van der Waals surface area contributed by atoms with Crippen molar-refractivity contribution in [1.82, 2.24) is 5.32 Å². The Balaban J connectivity index is 2.41. The Morgan fingerprint density at radius 1 is 1.40 bits per heavy atom. The monoisotopic (exact) mass is 273 g/mol. The van der Waals surface area contributed by atoms with Crippen LogP contribution in [-0.4, -0.2) is 26.1 Å². The maximum absolute atomic E-state index is 11.9. The Kier molecular flexibility index (Phi) is 3.89. The summed E-state index contributed by atoms with van der Waals surface area (Å²) in [5.74, 6) is -0.958. The van der Waals surface area contributed by atoms with E-state index < -0.39 is 11.9 Å². The van der Waals surface area contributed by atoms with Crippen LogP contribution in [0.15, 0.2) is 42.1 Å². The number of carbonyl (C=O) groups excluding carboxylic acids is 2. The van der Waals surface area contributed by atoms with Crippen LogP contribution in [0.1, 0.15) is 5.56 Å². The van der Waals surface area contributed by atoms with Crippen molar-refractivity contribution in [2.45, 2.75) is 0 Å². The van der Waals surface area contributed by atoms with Crippen molar-refractivity contribution in [3.05, 3.63) is 47.7 Å². The lowest BCUT2D eigenvalue weighted by Crippen LogP contribution is -2.17. The molecule has 1 atom stereocenters. The minimum absolute atomic E-state index is 0.315. The zero-order valence-electron chi connectivity index (χ0n) is 11.3. The number of amides is 1. The van der Waals surface area contributed by atoms with Gasteiger partial charge >= 0.3 is 5.97 Å². The van der Waals surface area contributed by atoms with Crippen molar-refractivity contribution in [3.8, 4) is 5.75 Å². The van der Waals surface area contributed by atoms with Crippen LogP contribution in [-0.2, 0) is 14.3 Å². The smallest absolute Gasteiger partial charge is 0.319 e. The molecule has 0 aromatic heterocycles. The van der Waals surface area contributed by atoms with Crippen LogP contribution in [0.2, 0.25) is 0 Å². The maximum atomic E-state index is 11.9. The number of ether oxygens (including phenoxy) is 2. The lowest BCUT2D eigenvalue weighted by atomic mass is 9.98. The summed E-state index contributed by atoms with van der Waals surface area (Å²) >= 11 is 0. The third-order valence-electron chi connectivity index (χ3n) is 3.05. The summed E-state index contributed by atoms with van der Waals surface area (Å²) in [7, 11) is 2.84. The fraction of sp³-hybridized carbons (Fsp3) is 0.200. The Morgan fingerprint density at radius 2 is 2.15 bits per heavy atom. The minimum Gasteiger partial charge on any atom is -0.497 e. The summed E-state index contributed by atoms with van der Waals surface area (Å²) in [6.45, 7) is 3.68. The zero-order chi connectivity index (χ0) is 14.7. The molecule has 1 N–H and O–H groups in total. The van der Waals surface area contributed by atoms with E-state index in [0.29, 0.717) is 17.0 Å². The second-order valence-electron chi connectivity index (χ2n) is 4.31. The molecule has 1 aliphatic heterocycles. The van der Waals surface area contributed by atoms with Crippen LogP contribution < -0.4 is 10.1 Å². The highest BCUT2D eigenvalue weighted by Crippen LogP contribution is 2.28. The maximum Gasteiger partial charge on any atom is 0.319 e. The van der Waals surface area contributed by atoms with E-state index in [9.17, 15) is 9.59 Å². The molecule has 1 amide bonds. The summed E-state index contributed by atoms with van der Waals surface area (Å²) in [4.78, 5) is 23.6. The van der Waals surface area contributed by atoms with Crippen molar-refractivity contribution in [3.63, 3.8) is 0 Å². The van der Waals surface area contributed by atoms with Crippen LogP contribution in [0.25, 0.3) is 6.08 Å². The molecule has 1 heterocycles. The number of hydrogen-bond acceptors (Lipinski definition) is 4. The first-order valence-electron chi connectivity index (χ1n) is 6.00. The van der Waals surface area contributed by atoms with Gasteiger partial charge in [-0.05, 0) is 23.8 Å². The Morgan fingerprint density at radius 3 is 2.80 bits per heavy atom. The second-order valence-corrected chi connectivity index (χ2v) is 4.31. The SMILES string of the molecule is C=C1NC(=O)C(=Cc2cccc(OC)c2)C1C(=O)OC. The molecular formula is C15H15NO4. The van der Waals surface area contributed by atoms with Gasteiger partial charge < -0.3 is 14.8 Å². The topological polar surface area (TPSA) is 64.6 Å². The van der Waals surface area contributed by atoms with Gasteiger partial charge in [-0.3, -0.25) is 9.59 Å². The number of carbonyl (C=O) groups is 2.